The van der Waals surface area contributed by atoms with Gasteiger partial charge in [0.15, 0.2) is 0 Å². The van der Waals surface area contributed by atoms with E-state index in [-0.39, 0.29) is 0 Å². The van der Waals surface area contributed by atoms with Crippen LogP contribution in [0.15, 0.2) is 35.5 Å². The molecular weight excluding hydrogens is 166 g/mol. The highest BCUT2D eigenvalue weighted by Gasteiger charge is 1.91. The highest BCUT2D eigenvalue weighted by atomic mass is 16.6. The van der Waals surface area contributed by atoms with Gasteiger partial charge >= 0.3 is 0 Å². The Bertz CT molecular complexity index is 236. The zero-order valence-corrected chi connectivity index (χ0v) is 7.48. The van der Waals surface area contributed by atoms with Crippen LogP contribution < -0.4 is 4.74 Å². The molecule has 1 aromatic rings. The number of nitrogens with zero attached hydrogens (tertiary/aromatic N) is 1. The zero-order chi connectivity index (χ0) is 9.36. The molecule has 0 heterocycles. The van der Waals surface area contributed by atoms with Crippen molar-refractivity contribution in [3.05, 3.63) is 30.3 Å². The van der Waals surface area contributed by atoms with Crippen molar-refractivity contribution in [3.63, 3.8) is 0 Å². The quantitative estimate of drug-likeness (QED) is 0.380. The number of benzene rings is 1. The van der Waals surface area contributed by atoms with E-state index in [2.05, 4.69) is 11.9 Å². The zero-order valence-electron chi connectivity index (χ0n) is 7.48. The van der Waals surface area contributed by atoms with E-state index in [9.17, 15) is 0 Å². The van der Waals surface area contributed by atoms with Crippen LogP contribution in [0.25, 0.3) is 0 Å². The van der Waals surface area contributed by atoms with E-state index < -0.39 is 0 Å². The molecule has 0 aliphatic carbocycles. The number of ether oxygens (including phenoxy) is 1. The fraction of sp³-hybridized carbons (Fsp3) is 0.300. The smallest absolute Gasteiger partial charge is 0.120 e. The van der Waals surface area contributed by atoms with Crippen molar-refractivity contribution in [1.82, 2.24) is 0 Å². The van der Waals surface area contributed by atoms with Gasteiger partial charge in [0.2, 0.25) is 0 Å². The molecule has 0 saturated heterocycles. The molecule has 0 saturated carbocycles. The fourth-order valence-corrected chi connectivity index (χ4v) is 0.895. The van der Waals surface area contributed by atoms with Crippen molar-refractivity contribution >= 4 is 6.72 Å². The molecule has 0 spiro atoms. The molecule has 0 aliphatic rings. The topological polar surface area (TPSA) is 30.8 Å². The first-order valence-corrected chi connectivity index (χ1v) is 4.19. The second-order valence-electron chi connectivity index (χ2n) is 2.48. The lowest BCUT2D eigenvalue weighted by Crippen LogP contribution is -2.00. The summed E-state index contributed by atoms with van der Waals surface area (Å²) in [5.41, 5.74) is 0. The van der Waals surface area contributed by atoms with Crippen LogP contribution in [0.2, 0.25) is 0 Å². The maximum atomic E-state index is 5.41. The molecule has 3 nitrogen and oxygen atoms in total. The third kappa shape index (κ3) is 4.15. The van der Waals surface area contributed by atoms with Crippen LogP contribution in [-0.2, 0) is 4.84 Å². The minimum absolute atomic E-state index is 0.552. The molecule has 0 amide bonds. The van der Waals surface area contributed by atoms with Crippen molar-refractivity contribution in [2.24, 2.45) is 5.16 Å². The Kier molecular flexibility index (Phi) is 4.46. The van der Waals surface area contributed by atoms with Crippen LogP contribution in [0.1, 0.15) is 6.42 Å². The van der Waals surface area contributed by atoms with Gasteiger partial charge < -0.3 is 9.57 Å². The molecule has 0 radical (unpaired) electrons. The average molecular weight is 179 g/mol. The van der Waals surface area contributed by atoms with Gasteiger partial charge in [0.1, 0.15) is 12.4 Å². The molecule has 0 atom stereocenters. The van der Waals surface area contributed by atoms with Crippen molar-refractivity contribution in [1.29, 1.82) is 0 Å². The van der Waals surface area contributed by atoms with Crippen molar-refractivity contribution in [3.8, 4) is 5.75 Å². The van der Waals surface area contributed by atoms with Gasteiger partial charge in [0.05, 0.1) is 6.61 Å². The van der Waals surface area contributed by atoms with Crippen LogP contribution in [-0.4, -0.2) is 19.9 Å². The predicted octanol–water partition coefficient (Wildman–Crippen LogP) is 2.09. The van der Waals surface area contributed by atoms with Gasteiger partial charge in [-0.2, -0.15) is 0 Å². The first-order valence-electron chi connectivity index (χ1n) is 4.19. The molecule has 0 N–H and O–H groups in total. The SMILES string of the molecule is C=NOCCCOc1ccccc1. The second-order valence-corrected chi connectivity index (χ2v) is 2.48. The standard InChI is InChI=1S/C10H13NO2/c1-11-13-9-5-8-12-10-6-3-2-4-7-10/h2-4,6-7H,1,5,8-9H2. The number of para-hydroxylation sites is 1. The Balaban J connectivity index is 2.10. The molecule has 0 bridgehead atoms. The molecular formula is C10H13NO2. The maximum Gasteiger partial charge on any atom is 0.120 e. The van der Waals surface area contributed by atoms with E-state index in [0.29, 0.717) is 13.2 Å². The highest BCUT2D eigenvalue weighted by Crippen LogP contribution is 2.08. The van der Waals surface area contributed by atoms with E-state index in [1.807, 2.05) is 30.3 Å². The Hall–Kier alpha value is -1.51. The van der Waals surface area contributed by atoms with Crippen LogP contribution in [0.3, 0.4) is 0 Å². The fourth-order valence-electron chi connectivity index (χ4n) is 0.895. The van der Waals surface area contributed by atoms with Crippen molar-refractivity contribution in [2.45, 2.75) is 6.42 Å². The van der Waals surface area contributed by atoms with Crippen LogP contribution >= 0.6 is 0 Å². The summed E-state index contributed by atoms with van der Waals surface area (Å²) in [5.74, 6) is 0.883. The largest absolute Gasteiger partial charge is 0.493 e. The van der Waals surface area contributed by atoms with Crippen molar-refractivity contribution < 1.29 is 9.57 Å². The van der Waals surface area contributed by atoms with Crippen molar-refractivity contribution in [2.75, 3.05) is 13.2 Å². The van der Waals surface area contributed by atoms with E-state index in [1.54, 1.807) is 0 Å². The first-order chi connectivity index (χ1) is 6.43. The highest BCUT2D eigenvalue weighted by molar-refractivity contribution is 5.21. The molecule has 0 unspecified atom stereocenters. The number of hydrogen-bond donors (Lipinski definition) is 0. The number of hydrogen-bond acceptors (Lipinski definition) is 3. The summed E-state index contributed by atoms with van der Waals surface area (Å²) >= 11 is 0. The lowest BCUT2D eigenvalue weighted by Gasteiger charge is -2.04. The van der Waals surface area contributed by atoms with Gasteiger partial charge in [-0.1, -0.05) is 18.2 Å². The molecule has 13 heavy (non-hydrogen) atoms. The van der Waals surface area contributed by atoms with Gasteiger partial charge in [-0.3, -0.25) is 0 Å². The third-order valence-corrected chi connectivity index (χ3v) is 1.48. The Morgan fingerprint density at radius 1 is 1.15 bits per heavy atom. The summed E-state index contributed by atoms with van der Waals surface area (Å²) in [4.78, 5) is 4.71. The van der Waals surface area contributed by atoms with Gasteiger partial charge in [-0.15, -0.1) is 5.16 Å². The Morgan fingerprint density at radius 2 is 1.92 bits per heavy atom. The van der Waals surface area contributed by atoms with Crippen LogP contribution in [0.4, 0.5) is 0 Å². The molecule has 1 aromatic carbocycles. The average Bonchev–Trinajstić information content (AvgIpc) is 2.19. The minimum atomic E-state index is 0.552. The van der Waals surface area contributed by atoms with Gasteiger partial charge in [0, 0.05) is 13.1 Å². The minimum Gasteiger partial charge on any atom is -0.493 e. The molecule has 0 fully saturated rings. The Labute approximate surface area is 78.0 Å². The number of rotatable bonds is 6. The Morgan fingerprint density at radius 3 is 2.62 bits per heavy atom. The van der Waals surface area contributed by atoms with Gasteiger partial charge in [0.25, 0.3) is 0 Å². The molecule has 1 rings (SSSR count). The summed E-state index contributed by atoms with van der Waals surface area (Å²) in [6.45, 7) is 4.39. The summed E-state index contributed by atoms with van der Waals surface area (Å²) in [5, 5.41) is 3.27. The predicted molar refractivity (Wildman–Crippen MR) is 52.1 cm³/mol. The lowest BCUT2D eigenvalue weighted by atomic mass is 10.3. The normalized spacial score (nSPS) is 9.23. The van der Waals surface area contributed by atoms with E-state index in [1.165, 1.54) is 0 Å². The van der Waals surface area contributed by atoms with E-state index in [0.717, 1.165) is 12.2 Å². The monoisotopic (exact) mass is 179 g/mol. The first kappa shape index (κ1) is 9.58. The molecule has 0 aromatic heterocycles. The van der Waals surface area contributed by atoms with Crippen LogP contribution in [0.5, 0.6) is 5.75 Å². The maximum absolute atomic E-state index is 5.41. The summed E-state index contributed by atoms with van der Waals surface area (Å²) < 4.78 is 5.41. The van der Waals surface area contributed by atoms with Gasteiger partial charge in [-0.25, -0.2) is 0 Å². The molecule has 70 valence electrons. The van der Waals surface area contributed by atoms with E-state index in [4.69, 9.17) is 9.57 Å². The number of oxime groups is 1. The molecule has 3 heteroatoms. The van der Waals surface area contributed by atoms with Gasteiger partial charge in [-0.05, 0) is 12.1 Å². The summed E-state index contributed by atoms with van der Waals surface area (Å²) in [6, 6.07) is 9.69. The van der Waals surface area contributed by atoms with Crippen LogP contribution in [0, 0.1) is 0 Å². The second kappa shape index (κ2) is 6.06. The van der Waals surface area contributed by atoms with E-state index >= 15 is 0 Å². The summed E-state index contributed by atoms with van der Waals surface area (Å²) in [6.07, 6.45) is 0.813. The third-order valence-electron chi connectivity index (χ3n) is 1.48. The summed E-state index contributed by atoms with van der Waals surface area (Å²) in [7, 11) is 0. The molecule has 0 aliphatic heterocycles. The lowest BCUT2D eigenvalue weighted by molar-refractivity contribution is 0.130.